The van der Waals surface area contributed by atoms with Crippen LogP contribution in [0.4, 0.5) is 0 Å². The molecule has 2 aromatic heterocycles. The Morgan fingerprint density at radius 3 is 1.54 bits per heavy atom. The first-order valence-electron chi connectivity index (χ1n) is 16.4. The fourth-order valence-electron chi connectivity index (χ4n) is 7.72. The summed E-state index contributed by atoms with van der Waals surface area (Å²) in [6.07, 6.45) is 0. The molecule has 2 heteroatoms. The highest BCUT2D eigenvalue weighted by Crippen LogP contribution is 2.46. The number of fused-ring (bicyclic) bond motifs is 7. The van der Waals surface area contributed by atoms with Gasteiger partial charge in [0, 0.05) is 16.5 Å². The fourth-order valence-corrected chi connectivity index (χ4v) is 7.72. The van der Waals surface area contributed by atoms with E-state index in [-0.39, 0.29) is 0 Å². The van der Waals surface area contributed by atoms with Gasteiger partial charge in [0.25, 0.3) is 0 Å². The molecule has 0 aliphatic heterocycles. The van der Waals surface area contributed by atoms with Crippen LogP contribution in [0.15, 0.2) is 180 Å². The topological polar surface area (TPSA) is 18.1 Å². The van der Waals surface area contributed by atoms with Crippen molar-refractivity contribution in [3.05, 3.63) is 176 Å². The highest BCUT2D eigenvalue weighted by molar-refractivity contribution is 6.23. The van der Waals surface area contributed by atoms with Gasteiger partial charge in [0.1, 0.15) is 5.58 Å². The molecule has 224 valence electrons. The first-order chi connectivity index (χ1) is 23.8. The summed E-state index contributed by atoms with van der Waals surface area (Å²) < 4.78 is 9.06. The van der Waals surface area contributed by atoms with E-state index in [1.165, 1.54) is 54.7 Å². The third-order valence-electron chi connectivity index (χ3n) is 9.78. The van der Waals surface area contributed by atoms with E-state index in [0.717, 1.165) is 38.8 Å². The van der Waals surface area contributed by atoms with Crippen LogP contribution < -0.4 is 0 Å². The Morgan fingerprint density at radius 2 is 0.875 bits per heavy atom. The van der Waals surface area contributed by atoms with E-state index in [9.17, 15) is 0 Å². The Kier molecular flexibility index (Phi) is 5.91. The summed E-state index contributed by atoms with van der Waals surface area (Å²) in [5, 5.41) is 8.41. The van der Waals surface area contributed by atoms with E-state index in [2.05, 4.69) is 180 Å². The average molecular weight is 612 g/mol. The van der Waals surface area contributed by atoms with Gasteiger partial charge < -0.3 is 4.42 Å². The molecule has 2 nitrogen and oxygen atoms in total. The van der Waals surface area contributed by atoms with E-state index in [4.69, 9.17) is 4.42 Å². The molecule has 0 unspecified atom stereocenters. The summed E-state index contributed by atoms with van der Waals surface area (Å²) in [4.78, 5) is 0. The van der Waals surface area contributed by atoms with Gasteiger partial charge in [0.15, 0.2) is 0 Å². The molecule has 0 aliphatic rings. The Bertz CT molecular complexity index is 2760. The molecule has 48 heavy (non-hydrogen) atoms. The second kappa shape index (κ2) is 10.6. The quantitative estimate of drug-likeness (QED) is 0.181. The van der Waals surface area contributed by atoms with Crippen molar-refractivity contribution in [2.75, 3.05) is 0 Å². The van der Waals surface area contributed by atoms with Crippen molar-refractivity contribution < 1.29 is 4.42 Å². The van der Waals surface area contributed by atoms with Gasteiger partial charge in [0.2, 0.25) is 5.71 Å². The third kappa shape index (κ3) is 4.00. The number of furan rings is 1. The molecule has 0 saturated carbocycles. The maximum absolute atomic E-state index is 6.82. The minimum absolute atomic E-state index is 0.873. The van der Waals surface area contributed by atoms with E-state index in [1.54, 1.807) is 0 Å². The van der Waals surface area contributed by atoms with Gasteiger partial charge in [-0.15, -0.1) is 0 Å². The van der Waals surface area contributed by atoms with Crippen molar-refractivity contribution in [1.82, 2.24) is 4.57 Å². The minimum Gasteiger partial charge on any atom is -0.439 e. The molecule has 0 spiro atoms. The third-order valence-corrected chi connectivity index (χ3v) is 9.78. The van der Waals surface area contributed by atoms with Gasteiger partial charge in [-0.3, -0.25) is 4.57 Å². The maximum atomic E-state index is 6.82. The Morgan fingerprint density at radius 1 is 0.354 bits per heavy atom. The number of rotatable bonds is 4. The van der Waals surface area contributed by atoms with E-state index >= 15 is 0 Å². The van der Waals surface area contributed by atoms with Crippen LogP contribution in [0.3, 0.4) is 0 Å². The molecular formula is C46H29NO. The first-order valence-corrected chi connectivity index (χ1v) is 16.4. The highest BCUT2D eigenvalue weighted by Gasteiger charge is 2.21. The van der Waals surface area contributed by atoms with E-state index in [0.29, 0.717) is 0 Å². The van der Waals surface area contributed by atoms with Crippen molar-refractivity contribution >= 4 is 54.5 Å². The highest BCUT2D eigenvalue weighted by atomic mass is 16.3. The molecule has 0 atom stereocenters. The summed E-state index contributed by atoms with van der Waals surface area (Å²) >= 11 is 0. The van der Waals surface area contributed by atoms with Gasteiger partial charge in [-0.1, -0.05) is 140 Å². The van der Waals surface area contributed by atoms with Crippen LogP contribution in [-0.4, -0.2) is 4.57 Å². The monoisotopic (exact) mass is 611 g/mol. The number of hydrogen-bond acceptors (Lipinski definition) is 1. The minimum atomic E-state index is 0.873. The number of benzene rings is 8. The van der Waals surface area contributed by atoms with Crippen LogP contribution in [0.5, 0.6) is 0 Å². The van der Waals surface area contributed by atoms with Crippen molar-refractivity contribution in [2.45, 2.75) is 0 Å². The Hall–Kier alpha value is -6.38. The maximum Gasteiger partial charge on any atom is 0.213 e. The predicted molar refractivity (Wildman–Crippen MR) is 202 cm³/mol. The fraction of sp³-hybridized carbons (Fsp3) is 0. The molecule has 10 rings (SSSR count). The van der Waals surface area contributed by atoms with Crippen molar-refractivity contribution in [3.63, 3.8) is 0 Å². The lowest BCUT2D eigenvalue weighted by Gasteiger charge is -2.18. The van der Waals surface area contributed by atoms with E-state index < -0.39 is 0 Å². The van der Waals surface area contributed by atoms with Crippen LogP contribution in [0, 0.1) is 0 Å². The standard InChI is InChI=1S/C46H29NO/c1-3-14-30(15-4-1)31-16-13-17-32(28-31)43-35-20-7-9-22-37(35)44(38-23-10-8-21-36(38)43)33-26-27-40-42(29-33)48-46-45(40)39-24-11-12-25-41(39)47(46)34-18-5-2-6-19-34/h1-29H. The molecule has 0 aliphatic carbocycles. The van der Waals surface area contributed by atoms with Crippen LogP contribution in [0.1, 0.15) is 0 Å². The summed E-state index contributed by atoms with van der Waals surface area (Å²) in [5.41, 5.74) is 11.3. The zero-order chi connectivity index (χ0) is 31.6. The Labute approximate surface area is 277 Å². The molecule has 0 amide bonds. The lowest BCUT2D eigenvalue weighted by Crippen LogP contribution is -1.92. The van der Waals surface area contributed by atoms with Gasteiger partial charge in [0.05, 0.1) is 10.9 Å². The molecule has 10 aromatic rings. The first kappa shape index (κ1) is 26.8. The largest absolute Gasteiger partial charge is 0.439 e. The van der Waals surface area contributed by atoms with Crippen molar-refractivity contribution in [1.29, 1.82) is 0 Å². The lowest BCUT2D eigenvalue weighted by atomic mass is 9.85. The van der Waals surface area contributed by atoms with Gasteiger partial charge in [-0.2, -0.15) is 0 Å². The molecular weight excluding hydrogens is 583 g/mol. The molecule has 8 aromatic carbocycles. The molecule has 0 saturated heterocycles. The van der Waals surface area contributed by atoms with Crippen LogP contribution in [0.2, 0.25) is 0 Å². The summed E-state index contributed by atoms with van der Waals surface area (Å²) in [6, 6.07) is 63.1. The van der Waals surface area contributed by atoms with Crippen molar-refractivity contribution in [2.24, 2.45) is 0 Å². The van der Waals surface area contributed by atoms with Gasteiger partial charge in [-0.05, 0) is 91.3 Å². The van der Waals surface area contributed by atoms with Crippen LogP contribution >= 0.6 is 0 Å². The van der Waals surface area contributed by atoms with Gasteiger partial charge in [-0.25, -0.2) is 0 Å². The zero-order valence-corrected chi connectivity index (χ0v) is 26.1. The molecule has 0 fully saturated rings. The summed E-state index contributed by atoms with van der Waals surface area (Å²) in [7, 11) is 0. The molecule has 2 heterocycles. The zero-order valence-electron chi connectivity index (χ0n) is 26.1. The number of aromatic nitrogens is 1. The molecule has 0 N–H and O–H groups in total. The number of nitrogens with zero attached hydrogens (tertiary/aromatic N) is 1. The number of para-hydroxylation sites is 2. The normalized spacial score (nSPS) is 11.8. The predicted octanol–water partition coefficient (Wildman–Crippen LogP) is 12.8. The van der Waals surface area contributed by atoms with E-state index in [1.807, 2.05) is 0 Å². The van der Waals surface area contributed by atoms with Crippen LogP contribution in [0.25, 0.3) is 93.6 Å². The summed E-state index contributed by atoms with van der Waals surface area (Å²) in [5.74, 6) is 0. The smallest absolute Gasteiger partial charge is 0.213 e. The molecule has 0 radical (unpaired) electrons. The average Bonchev–Trinajstić information content (AvgIpc) is 3.68. The number of hydrogen-bond donors (Lipinski definition) is 0. The summed E-state index contributed by atoms with van der Waals surface area (Å²) in [6.45, 7) is 0. The SMILES string of the molecule is c1ccc(-c2cccc(-c3c4ccccc4c(-c4ccc5c(c4)oc4c5c5ccccc5n4-c4ccccc4)c4ccccc34)c2)cc1. The lowest BCUT2D eigenvalue weighted by molar-refractivity contribution is 0.645. The van der Waals surface area contributed by atoms with Gasteiger partial charge >= 0.3 is 0 Å². The second-order valence-corrected chi connectivity index (χ2v) is 12.5. The second-order valence-electron chi connectivity index (χ2n) is 12.5. The Balaban J connectivity index is 1.23. The van der Waals surface area contributed by atoms with Crippen molar-refractivity contribution in [3.8, 4) is 39.1 Å². The molecule has 0 bridgehead atoms. The van der Waals surface area contributed by atoms with Crippen LogP contribution in [-0.2, 0) is 0 Å².